The Hall–Kier alpha value is -1.97. The van der Waals surface area contributed by atoms with Crippen LogP contribution in [0.1, 0.15) is 39.1 Å². The summed E-state index contributed by atoms with van der Waals surface area (Å²) in [5.74, 6) is 1.17. The minimum atomic E-state index is -0.262. The third-order valence-electron chi connectivity index (χ3n) is 3.15. The Labute approximate surface area is 125 Å². The fourth-order valence-electron chi connectivity index (χ4n) is 2.03. The molecule has 0 atom stereocenters. The average molecular weight is 287 g/mol. The van der Waals surface area contributed by atoms with Gasteiger partial charge in [-0.3, -0.25) is 0 Å². The maximum Gasteiger partial charge on any atom is 0.136 e. The minimum absolute atomic E-state index is 0.194. The zero-order chi connectivity index (χ0) is 15.6. The summed E-state index contributed by atoms with van der Waals surface area (Å²) in [6.07, 6.45) is 0. The summed E-state index contributed by atoms with van der Waals surface area (Å²) >= 11 is 0. The van der Waals surface area contributed by atoms with Crippen molar-refractivity contribution in [1.82, 2.24) is 9.97 Å². The van der Waals surface area contributed by atoms with Crippen molar-refractivity contribution in [3.05, 3.63) is 41.5 Å². The minimum Gasteiger partial charge on any atom is -0.370 e. The van der Waals surface area contributed by atoms with Crippen LogP contribution >= 0.6 is 0 Å². The first-order chi connectivity index (χ1) is 9.81. The quantitative estimate of drug-likeness (QED) is 0.913. The van der Waals surface area contributed by atoms with Crippen LogP contribution in [0.15, 0.2) is 24.3 Å². The predicted molar refractivity (Wildman–Crippen MR) is 85.0 cm³/mol. The van der Waals surface area contributed by atoms with E-state index in [1.54, 1.807) is 12.1 Å². The standard InChI is InChI=1S/C17H22FN3/c1-6-19-15-10-14(20-16(21-15)17(3,4)5)12-9-11(2)7-8-13(12)18/h7-10H,6H2,1-5H3,(H,19,20,21). The molecule has 21 heavy (non-hydrogen) atoms. The molecule has 2 aromatic rings. The van der Waals surface area contributed by atoms with Gasteiger partial charge in [0.05, 0.1) is 5.69 Å². The molecule has 0 fully saturated rings. The summed E-state index contributed by atoms with van der Waals surface area (Å²) < 4.78 is 14.1. The highest BCUT2D eigenvalue weighted by Gasteiger charge is 2.20. The Balaban J connectivity index is 2.62. The van der Waals surface area contributed by atoms with Gasteiger partial charge in [0.2, 0.25) is 0 Å². The van der Waals surface area contributed by atoms with E-state index in [0.29, 0.717) is 17.1 Å². The number of anilines is 1. The van der Waals surface area contributed by atoms with E-state index in [-0.39, 0.29) is 11.2 Å². The van der Waals surface area contributed by atoms with Crippen molar-refractivity contribution in [1.29, 1.82) is 0 Å². The predicted octanol–water partition coefficient (Wildman–Crippen LogP) is 4.32. The number of nitrogens with zero attached hydrogens (tertiary/aromatic N) is 2. The number of rotatable bonds is 3. The van der Waals surface area contributed by atoms with Crippen molar-refractivity contribution < 1.29 is 4.39 Å². The molecule has 0 saturated heterocycles. The molecule has 1 aromatic carbocycles. The number of halogens is 1. The molecule has 0 aliphatic carbocycles. The summed E-state index contributed by atoms with van der Waals surface area (Å²) in [4.78, 5) is 9.10. The van der Waals surface area contributed by atoms with Gasteiger partial charge in [0.25, 0.3) is 0 Å². The Morgan fingerprint density at radius 3 is 2.48 bits per heavy atom. The number of nitrogens with one attached hydrogen (secondary N) is 1. The lowest BCUT2D eigenvalue weighted by Crippen LogP contribution is -2.18. The van der Waals surface area contributed by atoms with Crippen LogP contribution in [0.25, 0.3) is 11.3 Å². The molecule has 4 heteroatoms. The van der Waals surface area contributed by atoms with Gasteiger partial charge in [0, 0.05) is 23.6 Å². The van der Waals surface area contributed by atoms with E-state index in [9.17, 15) is 4.39 Å². The van der Waals surface area contributed by atoms with Gasteiger partial charge in [0.1, 0.15) is 17.5 Å². The zero-order valence-corrected chi connectivity index (χ0v) is 13.3. The van der Waals surface area contributed by atoms with E-state index >= 15 is 0 Å². The largest absolute Gasteiger partial charge is 0.370 e. The van der Waals surface area contributed by atoms with Crippen LogP contribution < -0.4 is 5.32 Å². The molecular weight excluding hydrogens is 265 g/mol. The molecule has 1 N–H and O–H groups in total. The molecule has 3 nitrogen and oxygen atoms in total. The van der Waals surface area contributed by atoms with Crippen molar-refractivity contribution in [3.8, 4) is 11.3 Å². The molecular formula is C17H22FN3. The van der Waals surface area contributed by atoms with Gasteiger partial charge in [-0.25, -0.2) is 14.4 Å². The summed E-state index contributed by atoms with van der Waals surface area (Å²) in [7, 11) is 0. The second kappa shape index (κ2) is 5.80. The number of aromatic nitrogens is 2. The molecule has 0 aliphatic heterocycles. The van der Waals surface area contributed by atoms with E-state index in [4.69, 9.17) is 0 Å². The molecule has 112 valence electrons. The van der Waals surface area contributed by atoms with Gasteiger partial charge < -0.3 is 5.32 Å². The van der Waals surface area contributed by atoms with Crippen LogP contribution in [0, 0.1) is 12.7 Å². The maximum atomic E-state index is 14.1. The fraction of sp³-hybridized carbons (Fsp3) is 0.412. The molecule has 0 amide bonds. The van der Waals surface area contributed by atoms with Crippen LogP contribution in [0.5, 0.6) is 0 Å². The van der Waals surface area contributed by atoms with Gasteiger partial charge in [-0.15, -0.1) is 0 Å². The Bertz CT molecular complexity index is 645. The number of hydrogen-bond donors (Lipinski definition) is 1. The first-order valence-corrected chi connectivity index (χ1v) is 7.21. The van der Waals surface area contributed by atoms with Crippen LogP contribution in [-0.2, 0) is 5.41 Å². The molecule has 0 saturated carbocycles. The fourth-order valence-corrected chi connectivity index (χ4v) is 2.03. The topological polar surface area (TPSA) is 37.8 Å². The van der Waals surface area contributed by atoms with Crippen LogP contribution in [0.2, 0.25) is 0 Å². The molecule has 0 aliphatic rings. The van der Waals surface area contributed by atoms with Gasteiger partial charge in [-0.1, -0.05) is 32.4 Å². The maximum absolute atomic E-state index is 14.1. The second-order valence-corrected chi connectivity index (χ2v) is 6.23. The third-order valence-corrected chi connectivity index (χ3v) is 3.15. The smallest absolute Gasteiger partial charge is 0.136 e. The van der Waals surface area contributed by atoms with Gasteiger partial charge in [-0.2, -0.15) is 0 Å². The van der Waals surface area contributed by atoms with Crippen molar-refractivity contribution in [3.63, 3.8) is 0 Å². The lowest BCUT2D eigenvalue weighted by atomic mass is 9.95. The van der Waals surface area contributed by atoms with Crippen LogP contribution in [-0.4, -0.2) is 16.5 Å². The SMILES string of the molecule is CCNc1cc(-c2cc(C)ccc2F)nc(C(C)(C)C)n1. The molecule has 0 radical (unpaired) electrons. The Morgan fingerprint density at radius 2 is 1.86 bits per heavy atom. The Morgan fingerprint density at radius 1 is 1.14 bits per heavy atom. The summed E-state index contributed by atoms with van der Waals surface area (Å²) in [5.41, 5.74) is 1.95. The normalized spacial score (nSPS) is 11.5. The molecule has 0 bridgehead atoms. The number of hydrogen-bond acceptors (Lipinski definition) is 3. The summed E-state index contributed by atoms with van der Waals surface area (Å²) in [6.45, 7) is 10.9. The average Bonchev–Trinajstić information content (AvgIpc) is 2.40. The highest BCUT2D eigenvalue weighted by atomic mass is 19.1. The van der Waals surface area contributed by atoms with Gasteiger partial charge >= 0.3 is 0 Å². The second-order valence-electron chi connectivity index (χ2n) is 6.23. The molecule has 0 unspecified atom stereocenters. The van der Waals surface area contributed by atoms with Gasteiger partial charge in [0.15, 0.2) is 0 Å². The Kier molecular flexibility index (Phi) is 4.26. The van der Waals surface area contributed by atoms with E-state index in [1.807, 2.05) is 19.9 Å². The van der Waals surface area contributed by atoms with E-state index in [0.717, 1.165) is 17.9 Å². The van der Waals surface area contributed by atoms with Crippen molar-refractivity contribution in [2.24, 2.45) is 0 Å². The first-order valence-electron chi connectivity index (χ1n) is 7.21. The molecule has 1 aromatic heterocycles. The summed E-state index contributed by atoms with van der Waals surface area (Å²) in [6, 6.07) is 6.86. The number of aryl methyl sites for hydroxylation is 1. The molecule has 2 rings (SSSR count). The monoisotopic (exact) mass is 287 g/mol. The van der Waals surface area contributed by atoms with Crippen molar-refractivity contribution in [2.75, 3.05) is 11.9 Å². The zero-order valence-electron chi connectivity index (χ0n) is 13.3. The molecule has 1 heterocycles. The highest BCUT2D eigenvalue weighted by molar-refractivity contribution is 5.64. The lowest BCUT2D eigenvalue weighted by Gasteiger charge is -2.19. The highest BCUT2D eigenvalue weighted by Crippen LogP contribution is 2.27. The van der Waals surface area contributed by atoms with Crippen LogP contribution in [0.4, 0.5) is 10.2 Å². The lowest BCUT2D eigenvalue weighted by molar-refractivity contribution is 0.546. The van der Waals surface area contributed by atoms with E-state index in [2.05, 4.69) is 36.1 Å². The van der Waals surface area contributed by atoms with E-state index in [1.165, 1.54) is 6.07 Å². The van der Waals surface area contributed by atoms with Crippen LogP contribution in [0.3, 0.4) is 0 Å². The third kappa shape index (κ3) is 3.57. The van der Waals surface area contributed by atoms with Crippen molar-refractivity contribution >= 4 is 5.82 Å². The first kappa shape index (κ1) is 15.4. The van der Waals surface area contributed by atoms with Crippen molar-refractivity contribution in [2.45, 2.75) is 40.0 Å². The summed E-state index contributed by atoms with van der Waals surface area (Å²) in [5, 5.41) is 3.19. The van der Waals surface area contributed by atoms with E-state index < -0.39 is 0 Å². The molecule has 0 spiro atoms. The van der Waals surface area contributed by atoms with Gasteiger partial charge in [-0.05, 0) is 26.0 Å². The number of benzene rings is 1.